The van der Waals surface area contributed by atoms with E-state index in [2.05, 4.69) is 10.3 Å². The van der Waals surface area contributed by atoms with Crippen molar-refractivity contribution in [1.82, 2.24) is 9.29 Å². The highest BCUT2D eigenvalue weighted by atomic mass is 32.2. The molecule has 1 aliphatic rings. The van der Waals surface area contributed by atoms with Gasteiger partial charge in [-0.25, -0.2) is 13.4 Å². The summed E-state index contributed by atoms with van der Waals surface area (Å²) in [6.07, 6.45) is 2.55. The van der Waals surface area contributed by atoms with Crippen LogP contribution >= 0.6 is 0 Å². The van der Waals surface area contributed by atoms with E-state index >= 15 is 0 Å². The lowest BCUT2D eigenvalue weighted by Crippen LogP contribution is -2.43. The quantitative estimate of drug-likeness (QED) is 0.808. The van der Waals surface area contributed by atoms with Crippen LogP contribution in [0.5, 0.6) is 11.6 Å². The van der Waals surface area contributed by atoms with Gasteiger partial charge in [0.2, 0.25) is 21.8 Å². The number of carbonyl (C=O) groups excluding carboxylic acids is 1. The second-order valence-corrected chi connectivity index (χ2v) is 7.92. The average Bonchev–Trinajstić information content (AvgIpc) is 3.19. The molecular formula is C18H21N3O5S. The molecule has 8 nitrogen and oxygen atoms in total. The van der Waals surface area contributed by atoms with E-state index < -0.39 is 16.1 Å². The SMILES string of the molecule is COc1ccc(S(=O)(=O)N2CCC[C@@H]2C(=O)Nc2ccc(OC)nc2)cc1. The van der Waals surface area contributed by atoms with E-state index in [1.807, 2.05) is 0 Å². The fraction of sp³-hybridized carbons (Fsp3) is 0.333. The lowest BCUT2D eigenvalue weighted by Gasteiger charge is -2.23. The van der Waals surface area contributed by atoms with E-state index in [0.717, 1.165) is 0 Å². The predicted molar refractivity (Wildman–Crippen MR) is 99.3 cm³/mol. The molecule has 27 heavy (non-hydrogen) atoms. The maximum absolute atomic E-state index is 13.0. The van der Waals surface area contributed by atoms with E-state index in [1.165, 1.54) is 36.9 Å². The first kappa shape index (κ1) is 19.1. The Morgan fingerprint density at radius 1 is 1.15 bits per heavy atom. The van der Waals surface area contributed by atoms with Gasteiger partial charge in [-0.3, -0.25) is 4.79 Å². The Hall–Kier alpha value is -2.65. The third-order valence-corrected chi connectivity index (χ3v) is 6.31. The van der Waals surface area contributed by atoms with Crippen LogP contribution < -0.4 is 14.8 Å². The Bertz CT molecular complexity index is 898. The summed E-state index contributed by atoms with van der Waals surface area (Å²) in [6.45, 7) is 0.299. The zero-order valence-electron chi connectivity index (χ0n) is 15.1. The Morgan fingerprint density at radius 3 is 2.48 bits per heavy atom. The molecule has 3 rings (SSSR count). The molecule has 0 saturated carbocycles. The smallest absolute Gasteiger partial charge is 0.243 e. The topological polar surface area (TPSA) is 97.8 Å². The summed E-state index contributed by atoms with van der Waals surface area (Å²) >= 11 is 0. The number of carbonyl (C=O) groups is 1. The summed E-state index contributed by atoms with van der Waals surface area (Å²) < 4.78 is 37.2. The zero-order chi connectivity index (χ0) is 19.4. The lowest BCUT2D eigenvalue weighted by atomic mass is 10.2. The molecule has 144 valence electrons. The van der Waals surface area contributed by atoms with Crippen molar-refractivity contribution >= 4 is 21.6 Å². The standard InChI is InChI=1S/C18H21N3O5S/c1-25-14-6-8-15(9-7-14)27(23,24)21-11-3-4-16(21)18(22)20-13-5-10-17(26-2)19-12-13/h5-10,12,16H,3-4,11H2,1-2H3,(H,20,22)/t16-/m1/s1. The van der Waals surface area contributed by atoms with Gasteiger partial charge in [0.05, 0.1) is 31.0 Å². The molecular weight excluding hydrogens is 370 g/mol. The van der Waals surface area contributed by atoms with Crippen LogP contribution in [-0.2, 0) is 14.8 Å². The first-order valence-electron chi connectivity index (χ1n) is 8.42. The molecule has 2 aromatic rings. The third kappa shape index (κ3) is 4.04. The predicted octanol–water partition coefficient (Wildman–Crippen LogP) is 1.89. The van der Waals surface area contributed by atoms with Crippen molar-refractivity contribution in [2.24, 2.45) is 0 Å². The number of anilines is 1. The number of pyridine rings is 1. The molecule has 1 aromatic carbocycles. The van der Waals surface area contributed by atoms with Crippen LogP contribution in [0.1, 0.15) is 12.8 Å². The number of aromatic nitrogens is 1. The van der Waals surface area contributed by atoms with Crippen LogP contribution in [0.25, 0.3) is 0 Å². The van der Waals surface area contributed by atoms with Gasteiger partial charge in [0, 0.05) is 12.6 Å². The first-order chi connectivity index (χ1) is 13.0. The normalized spacial score (nSPS) is 17.5. The fourth-order valence-corrected chi connectivity index (χ4v) is 4.63. The number of sulfonamides is 1. The van der Waals surface area contributed by atoms with Gasteiger partial charge < -0.3 is 14.8 Å². The number of nitrogens with one attached hydrogen (secondary N) is 1. The van der Waals surface area contributed by atoms with Crippen molar-refractivity contribution in [3.8, 4) is 11.6 Å². The van der Waals surface area contributed by atoms with Crippen LogP contribution in [-0.4, -0.2) is 50.4 Å². The van der Waals surface area contributed by atoms with Crippen LogP contribution in [0, 0.1) is 0 Å². The summed E-state index contributed by atoms with van der Waals surface area (Å²) in [5.41, 5.74) is 0.481. The van der Waals surface area contributed by atoms with Gasteiger partial charge in [0.1, 0.15) is 11.8 Å². The number of nitrogens with zero attached hydrogens (tertiary/aromatic N) is 2. The van der Waals surface area contributed by atoms with Crippen molar-refractivity contribution in [3.05, 3.63) is 42.6 Å². The molecule has 1 saturated heterocycles. The second kappa shape index (κ2) is 7.93. The molecule has 0 spiro atoms. The number of benzene rings is 1. The van der Waals surface area contributed by atoms with Crippen LogP contribution in [0.2, 0.25) is 0 Å². The molecule has 0 radical (unpaired) electrons. The van der Waals surface area contributed by atoms with E-state index in [4.69, 9.17) is 9.47 Å². The summed E-state index contributed by atoms with van der Waals surface area (Å²) in [4.78, 5) is 16.8. The highest BCUT2D eigenvalue weighted by Gasteiger charge is 2.39. The van der Waals surface area contributed by atoms with Gasteiger partial charge in [-0.1, -0.05) is 0 Å². The summed E-state index contributed by atoms with van der Waals surface area (Å²) in [5, 5.41) is 2.72. The fourth-order valence-electron chi connectivity index (χ4n) is 2.97. The number of hydrogen-bond donors (Lipinski definition) is 1. The number of hydrogen-bond acceptors (Lipinski definition) is 6. The van der Waals surface area contributed by atoms with Gasteiger partial charge in [0.25, 0.3) is 0 Å². The van der Waals surface area contributed by atoms with Crippen molar-refractivity contribution in [2.45, 2.75) is 23.8 Å². The monoisotopic (exact) mass is 391 g/mol. The Balaban J connectivity index is 1.77. The summed E-state index contributed by atoms with van der Waals surface area (Å²) in [7, 11) is -0.766. The zero-order valence-corrected chi connectivity index (χ0v) is 15.9. The van der Waals surface area contributed by atoms with Crippen molar-refractivity contribution in [3.63, 3.8) is 0 Å². The minimum atomic E-state index is -3.78. The second-order valence-electron chi connectivity index (χ2n) is 6.03. The van der Waals surface area contributed by atoms with Crippen molar-refractivity contribution < 1.29 is 22.7 Å². The maximum atomic E-state index is 13.0. The first-order valence-corrected chi connectivity index (χ1v) is 9.86. The highest BCUT2D eigenvalue weighted by molar-refractivity contribution is 7.89. The Morgan fingerprint density at radius 2 is 1.89 bits per heavy atom. The van der Waals surface area contributed by atoms with Gasteiger partial charge in [-0.2, -0.15) is 4.31 Å². The number of methoxy groups -OCH3 is 2. The van der Waals surface area contributed by atoms with Crippen LogP contribution in [0.15, 0.2) is 47.5 Å². The van der Waals surface area contributed by atoms with Gasteiger partial charge >= 0.3 is 0 Å². The van der Waals surface area contributed by atoms with Crippen LogP contribution in [0.4, 0.5) is 5.69 Å². The minimum Gasteiger partial charge on any atom is -0.497 e. The van der Waals surface area contributed by atoms with E-state index in [1.54, 1.807) is 24.3 Å². The molecule has 1 fully saturated rings. The Kier molecular flexibility index (Phi) is 5.62. The maximum Gasteiger partial charge on any atom is 0.243 e. The van der Waals surface area contributed by atoms with E-state index in [-0.39, 0.29) is 10.8 Å². The Labute approximate surface area is 158 Å². The number of ether oxygens (including phenoxy) is 2. The minimum absolute atomic E-state index is 0.133. The molecule has 1 N–H and O–H groups in total. The molecule has 1 amide bonds. The molecule has 0 bridgehead atoms. The van der Waals surface area contributed by atoms with Gasteiger partial charge in [-0.15, -0.1) is 0 Å². The highest BCUT2D eigenvalue weighted by Crippen LogP contribution is 2.28. The molecule has 1 atom stereocenters. The summed E-state index contributed by atoms with van der Waals surface area (Å²) in [5.74, 6) is 0.616. The van der Waals surface area contributed by atoms with Crippen LogP contribution in [0.3, 0.4) is 0 Å². The van der Waals surface area contributed by atoms with E-state index in [9.17, 15) is 13.2 Å². The molecule has 1 aliphatic heterocycles. The molecule has 1 aromatic heterocycles. The number of amides is 1. The third-order valence-electron chi connectivity index (χ3n) is 4.39. The number of rotatable bonds is 6. The van der Waals surface area contributed by atoms with Gasteiger partial charge in [-0.05, 0) is 43.2 Å². The molecule has 2 heterocycles. The lowest BCUT2D eigenvalue weighted by molar-refractivity contribution is -0.119. The van der Waals surface area contributed by atoms with E-state index in [0.29, 0.717) is 36.7 Å². The molecule has 0 unspecified atom stereocenters. The van der Waals surface area contributed by atoms with Crippen molar-refractivity contribution in [2.75, 3.05) is 26.1 Å². The van der Waals surface area contributed by atoms with Gasteiger partial charge in [0.15, 0.2) is 0 Å². The molecule has 9 heteroatoms. The largest absolute Gasteiger partial charge is 0.497 e. The summed E-state index contributed by atoms with van der Waals surface area (Å²) in [6, 6.07) is 8.64. The average molecular weight is 391 g/mol. The molecule has 0 aliphatic carbocycles. The van der Waals surface area contributed by atoms with Crippen molar-refractivity contribution in [1.29, 1.82) is 0 Å².